The van der Waals surface area contributed by atoms with Gasteiger partial charge in [0.25, 0.3) is 0 Å². The molecule has 0 spiro atoms. The summed E-state index contributed by atoms with van der Waals surface area (Å²) in [6, 6.07) is 6.95. The van der Waals surface area contributed by atoms with Crippen molar-refractivity contribution in [1.82, 2.24) is 19.7 Å². The van der Waals surface area contributed by atoms with Crippen molar-refractivity contribution in [1.29, 1.82) is 0 Å². The predicted molar refractivity (Wildman–Crippen MR) is 103 cm³/mol. The fourth-order valence-electron chi connectivity index (χ4n) is 2.81. The molecule has 0 atom stereocenters. The molecule has 0 unspecified atom stereocenters. The number of rotatable bonds is 7. The molecule has 0 amide bonds. The molecule has 3 aromatic rings. The van der Waals surface area contributed by atoms with Crippen LogP contribution in [0, 0.1) is 0 Å². The van der Waals surface area contributed by atoms with Crippen LogP contribution in [-0.2, 0) is 0 Å². The summed E-state index contributed by atoms with van der Waals surface area (Å²) in [5.74, 6) is 1.34. The third-order valence-corrected chi connectivity index (χ3v) is 4.43. The van der Waals surface area contributed by atoms with Gasteiger partial charge in [-0.25, -0.2) is 14.8 Å². The van der Waals surface area contributed by atoms with Crippen LogP contribution in [0.25, 0.3) is 0 Å². The largest absolute Gasteiger partial charge is 0.477 e. The molecule has 1 aliphatic carbocycles. The molecule has 2 N–H and O–H groups in total. The summed E-state index contributed by atoms with van der Waals surface area (Å²) in [6.45, 7) is 4.17. The maximum Gasteiger partial charge on any atom is 0.354 e. The van der Waals surface area contributed by atoms with E-state index in [4.69, 9.17) is 9.84 Å². The fraction of sp³-hybridized carbons (Fsp3) is 0.300. The maximum atomic E-state index is 11.1. The summed E-state index contributed by atoms with van der Waals surface area (Å²) < 4.78 is 8.04. The number of hydrogen-bond acceptors (Lipinski definition) is 6. The number of ether oxygens (including phenoxy) is 1. The lowest BCUT2D eigenvalue weighted by atomic mass is 10.3. The van der Waals surface area contributed by atoms with Crippen LogP contribution >= 0.6 is 0 Å². The monoisotopic (exact) mass is 379 g/mol. The third kappa shape index (κ3) is 3.95. The molecule has 3 heterocycles. The number of anilines is 2. The summed E-state index contributed by atoms with van der Waals surface area (Å²) in [4.78, 5) is 19.2. The Morgan fingerprint density at radius 2 is 2.04 bits per heavy atom. The van der Waals surface area contributed by atoms with Crippen molar-refractivity contribution >= 4 is 17.5 Å². The molecule has 0 bridgehead atoms. The predicted octanol–water partition coefficient (Wildman–Crippen LogP) is 4.37. The molecular formula is C20H21N5O3. The number of pyridine rings is 2. The molecule has 144 valence electrons. The normalized spacial score (nSPS) is 13.5. The smallest absolute Gasteiger partial charge is 0.354 e. The van der Waals surface area contributed by atoms with Gasteiger partial charge in [-0.1, -0.05) is 0 Å². The van der Waals surface area contributed by atoms with E-state index in [-0.39, 0.29) is 11.7 Å². The molecular weight excluding hydrogens is 358 g/mol. The minimum Gasteiger partial charge on any atom is -0.477 e. The first-order chi connectivity index (χ1) is 13.5. The molecule has 0 radical (unpaired) electrons. The van der Waals surface area contributed by atoms with Gasteiger partial charge < -0.3 is 15.2 Å². The highest BCUT2D eigenvalue weighted by Gasteiger charge is 2.30. The zero-order chi connectivity index (χ0) is 19.7. The lowest BCUT2D eigenvalue weighted by Gasteiger charge is -2.09. The Kier molecular flexibility index (Phi) is 4.68. The van der Waals surface area contributed by atoms with Gasteiger partial charge >= 0.3 is 5.97 Å². The molecule has 1 saturated carbocycles. The number of carboxylic acid groups (broad SMARTS) is 1. The highest BCUT2D eigenvalue weighted by molar-refractivity contribution is 5.86. The van der Waals surface area contributed by atoms with Gasteiger partial charge in [0.15, 0.2) is 5.75 Å². The number of nitrogens with one attached hydrogen (secondary N) is 1. The molecule has 0 saturated heterocycles. The summed E-state index contributed by atoms with van der Waals surface area (Å²) in [7, 11) is 0. The van der Waals surface area contributed by atoms with Gasteiger partial charge in [-0.05, 0) is 44.9 Å². The topological polar surface area (TPSA) is 102 Å². The number of carbonyl (C=O) groups is 1. The Balaban J connectivity index is 1.55. The lowest BCUT2D eigenvalue weighted by molar-refractivity contribution is 0.0690. The zero-order valence-corrected chi connectivity index (χ0v) is 15.7. The van der Waals surface area contributed by atoms with Crippen LogP contribution in [0.15, 0.2) is 42.9 Å². The van der Waals surface area contributed by atoms with Crippen LogP contribution < -0.4 is 10.1 Å². The fourth-order valence-corrected chi connectivity index (χ4v) is 2.81. The average Bonchev–Trinajstić information content (AvgIpc) is 3.42. The van der Waals surface area contributed by atoms with Crippen molar-refractivity contribution in [2.75, 3.05) is 5.32 Å². The van der Waals surface area contributed by atoms with E-state index in [0.29, 0.717) is 23.2 Å². The SMILES string of the molecule is CC(C)n1cc(Oc2ccnc(Nc3ccnc(C(=O)O)c3)c2)c(C2CC2)n1. The Labute approximate surface area is 162 Å². The van der Waals surface area contributed by atoms with E-state index >= 15 is 0 Å². The summed E-state index contributed by atoms with van der Waals surface area (Å²) in [5, 5.41) is 16.8. The van der Waals surface area contributed by atoms with Crippen LogP contribution in [0.5, 0.6) is 11.5 Å². The molecule has 4 rings (SSSR count). The van der Waals surface area contributed by atoms with Gasteiger partial charge in [0.2, 0.25) is 0 Å². The molecule has 3 aromatic heterocycles. The molecule has 28 heavy (non-hydrogen) atoms. The van der Waals surface area contributed by atoms with Crippen molar-refractivity contribution in [3.8, 4) is 11.5 Å². The second-order valence-electron chi connectivity index (χ2n) is 7.07. The van der Waals surface area contributed by atoms with Crippen LogP contribution in [0.2, 0.25) is 0 Å². The zero-order valence-electron chi connectivity index (χ0n) is 15.7. The van der Waals surface area contributed by atoms with E-state index in [1.807, 2.05) is 10.9 Å². The molecule has 8 nitrogen and oxygen atoms in total. The first-order valence-electron chi connectivity index (χ1n) is 9.19. The number of aromatic nitrogens is 4. The van der Waals surface area contributed by atoms with E-state index in [2.05, 4.69) is 34.2 Å². The molecule has 0 aromatic carbocycles. The van der Waals surface area contributed by atoms with Gasteiger partial charge in [0.1, 0.15) is 23.0 Å². The Hall–Kier alpha value is -3.42. The van der Waals surface area contributed by atoms with Gasteiger partial charge in [-0.2, -0.15) is 5.10 Å². The third-order valence-electron chi connectivity index (χ3n) is 4.43. The minimum atomic E-state index is -1.08. The highest BCUT2D eigenvalue weighted by Crippen LogP contribution is 2.44. The van der Waals surface area contributed by atoms with Crippen LogP contribution in [0.1, 0.15) is 54.8 Å². The molecule has 1 aliphatic rings. The summed E-state index contributed by atoms with van der Waals surface area (Å²) >= 11 is 0. The maximum absolute atomic E-state index is 11.1. The first-order valence-corrected chi connectivity index (χ1v) is 9.19. The first kappa shape index (κ1) is 18.0. The second-order valence-corrected chi connectivity index (χ2v) is 7.07. The van der Waals surface area contributed by atoms with Gasteiger partial charge in [0, 0.05) is 36.1 Å². The van der Waals surface area contributed by atoms with Crippen molar-refractivity contribution in [2.45, 2.75) is 38.6 Å². The second kappa shape index (κ2) is 7.30. The van der Waals surface area contributed by atoms with E-state index in [9.17, 15) is 4.79 Å². The Bertz CT molecular complexity index is 1010. The molecule has 0 aliphatic heterocycles. The standard InChI is InChI=1S/C20H21N5O3/c1-12(2)25-11-17(19(24-25)13-3-4-13)28-15-6-8-22-18(10-15)23-14-5-7-21-16(9-14)20(26)27/h5-13H,3-4H2,1-2H3,(H,26,27)(H,21,22,23). The number of aromatic carboxylic acids is 1. The average molecular weight is 379 g/mol. The van der Waals surface area contributed by atoms with Gasteiger partial charge in [0.05, 0.1) is 6.20 Å². The summed E-state index contributed by atoms with van der Waals surface area (Å²) in [5.41, 5.74) is 1.55. The van der Waals surface area contributed by atoms with E-state index in [0.717, 1.165) is 24.3 Å². The van der Waals surface area contributed by atoms with Gasteiger partial charge in [-0.15, -0.1) is 0 Å². The molecule has 8 heteroatoms. The Morgan fingerprint density at radius 1 is 1.25 bits per heavy atom. The van der Waals surface area contributed by atoms with Crippen LogP contribution in [0.3, 0.4) is 0 Å². The van der Waals surface area contributed by atoms with Crippen molar-refractivity contribution in [2.24, 2.45) is 0 Å². The van der Waals surface area contributed by atoms with Crippen molar-refractivity contribution < 1.29 is 14.6 Å². The Morgan fingerprint density at radius 3 is 2.75 bits per heavy atom. The van der Waals surface area contributed by atoms with Crippen molar-refractivity contribution in [3.63, 3.8) is 0 Å². The number of carboxylic acids is 1. The van der Waals surface area contributed by atoms with Gasteiger partial charge in [-0.3, -0.25) is 4.68 Å². The molecule has 1 fully saturated rings. The van der Waals surface area contributed by atoms with E-state index in [1.54, 1.807) is 24.4 Å². The highest BCUT2D eigenvalue weighted by atomic mass is 16.5. The number of nitrogens with zero attached hydrogens (tertiary/aromatic N) is 4. The van der Waals surface area contributed by atoms with Crippen LogP contribution in [0.4, 0.5) is 11.5 Å². The minimum absolute atomic E-state index is 0.0346. The van der Waals surface area contributed by atoms with Crippen LogP contribution in [-0.4, -0.2) is 30.8 Å². The summed E-state index contributed by atoms with van der Waals surface area (Å²) in [6.07, 6.45) is 7.30. The quantitative estimate of drug-likeness (QED) is 0.628. The van der Waals surface area contributed by atoms with Crippen molar-refractivity contribution in [3.05, 3.63) is 54.2 Å². The lowest BCUT2D eigenvalue weighted by Crippen LogP contribution is -2.01. The van der Waals surface area contributed by atoms with E-state index < -0.39 is 5.97 Å². The number of hydrogen-bond donors (Lipinski definition) is 2. The van der Waals surface area contributed by atoms with E-state index in [1.165, 1.54) is 12.3 Å².